The molecule has 2 atom stereocenters. The summed E-state index contributed by atoms with van der Waals surface area (Å²) < 4.78 is 4.54. The molecule has 4 heterocycles. The van der Waals surface area contributed by atoms with Crippen LogP contribution in [0.15, 0.2) is 225 Å². The molecular weight excluding hydrogens is 755 g/mol. The first-order chi connectivity index (χ1) is 30.7. The Kier molecular flexibility index (Phi) is 8.56. The lowest BCUT2D eigenvalue weighted by Gasteiger charge is -2.30. The highest BCUT2D eigenvalue weighted by Crippen LogP contribution is 2.48. The quantitative estimate of drug-likeness (QED) is 0.161. The maximum absolute atomic E-state index is 5.49. The van der Waals surface area contributed by atoms with Crippen LogP contribution in [0.1, 0.15) is 17.2 Å². The molecule has 0 saturated heterocycles. The van der Waals surface area contributed by atoms with E-state index in [1.807, 2.05) is 6.07 Å². The Labute approximate surface area is 359 Å². The molecule has 1 aliphatic carbocycles. The minimum atomic E-state index is 0.119. The predicted molar refractivity (Wildman–Crippen MR) is 254 cm³/mol. The van der Waals surface area contributed by atoms with Gasteiger partial charge in [-0.25, -0.2) is 14.6 Å². The zero-order valence-electron chi connectivity index (χ0n) is 33.8. The highest BCUT2D eigenvalue weighted by molar-refractivity contribution is 6.09. The fraction of sp³-hybridized carbons (Fsp3) is 0.0351. The molecule has 62 heavy (non-hydrogen) atoms. The molecule has 2 unspecified atom stereocenters. The van der Waals surface area contributed by atoms with Crippen molar-refractivity contribution in [2.24, 2.45) is 5.92 Å². The molecule has 292 valence electrons. The van der Waals surface area contributed by atoms with Gasteiger partial charge < -0.3 is 4.57 Å². The summed E-state index contributed by atoms with van der Waals surface area (Å²) in [6.07, 6.45) is 11.4. The van der Waals surface area contributed by atoms with Crippen molar-refractivity contribution >= 4 is 27.5 Å². The molecule has 0 radical (unpaired) electrons. The number of hydrogen-bond donors (Lipinski definition) is 0. The lowest BCUT2D eigenvalue weighted by Crippen LogP contribution is -2.21. The van der Waals surface area contributed by atoms with Crippen LogP contribution in [0.5, 0.6) is 0 Å². The summed E-state index contributed by atoms with van der Waals surface area (Å²) in [7, 11) is 0. The second kappa shape index (κ2) is 14.8. The molecule has 0 fully saturated rings. The molecule has 12 rings (SSSR count). The highest BCUT2D eigenvalue weighted by Gasteiger charge is 2.35. The van der Waals surface area contributed by atoms with Gasteiger partial charge in [0.15, 0.2) is 5.82 Å². The van der Waals surface area contributed by atoms with Gasteiger partial charge >= 0.3 is 0 Å². The van der Waals surface area contributed by atoms with Gasteiger partial charge in [0.05, 0.1) is 33.8 Å². The summed E-state index contributed by atoms with van der Waals surface area (Å²) in [6.45, 7) is 0. The molecule has 0 amide bonds. The van der Waals surface area contributed by atoms with Crippen LogP contribution in [0.2, 0.25) is 0 Å². The van der Waals surface area contributed by atoms with Gasteiger partial charge in [-0.15, -0.1) is 0 Å². The van der Waals surface area contributed by atoms with Gasteiger partial charge in [-0.3, -0.25) is 0 Å². The van der Waals surface area contributed by atoms with Gasteiger partial charge in [-0.05, 0) is 47.5 Å². The average Bonchev–Trinajstić information content (AvgIpc) is 3.92. The molecule has 0 saturated carbocycles. The molecule has 0 N–H and O–H groups in total. The van der Waals surface area contributed by atoms with Gasteiger partial charge in [0.25, 0.3) is 0 Å². The van der Waals surface area contributed by atoms with Crippen molar-refractivity contribution in [1.82, 2.24) is 24.3 Å². The number of benzene rings is 7. The number of fused-ring (bicyclic) bond motifs is 6. The number of aromatic nitrogens is 5. The van der Waals surface area contributed by atoms with E-state index in [-0.39, 0.29) is 11.8 Å². The normalized spacial score (nSPS) is 15.4. The Morgan fingerprint density at radius 1 is 0.435 bits per heavy atom. The second-order valence-corrected chi connectivity index (χ2v) is 16.0. The molecule has 5 nitrogen and oxygen atoms in total. The number of para-hydroxylation sites is 2. The number of allylic oxidation sites excluding steroid dienone is 5. The van der Waals surface area contributed by atoms with Crippen LogP contribution in [0, 0.1) is 5.92 Å². The van der Waals surface area contributed by atoms with Crippen LogP contribution in [0.25, 0.3) is 89.5 Å². The fourth-order valence-corrected chi connectivity index (χ4v) is 9.44. The number of rotatable bonds is 7. The number of nitrogens with zero attached hydrogens (tertiary/aromatic N) is 5. The van der Waals surface area contributed by atoms with E-state index in [4.69, 9.17) is 15.1 Å². The van der Waals surface area contributed by atoms with Crippen LogP contribution in [0.3, 0.4) is 0 Å². The highest BCUT2D eigenvalue weighted by atomic mass is 15.3. The van der Waals surface area contributed by atoms with Crippen molar-refractivity contribution in [1.29, 1.82) is 0 Å². The zero-order chi connectivity index (χ0) is 41.0. The summed E-state index contributed by atoms with van der Waals surface area (Å²) >= 11 is 0. The van der Waals surface area contributed by atoms with E-state index < -0.39 is 0 Å². The first kappa shape index (κ1) is 35.8. The molecule has 5 heteroatoms. The average molecular weight is 794 g/mol. The Morgan fingerprint density at radius 3 is 1.73 bits per heavy atom. The largest absolute Gasteiger partial charge is 0.309 e. The van der Waals surface area contributed by atoms with Crippen molar-refractivity contribution in [3.63, 3.8) is 0 Å². The molecular formula is C57H39N5. The first-order valence-corrected chi connectivity index (χ1v) is 21.2. The molecule has 1 aliphatic heterocycles. The van der Waals surface area contributed by atoms with E-state index in [0.29, 0.717) is 5.82 Å². The minimum absolute atomic E-state index is 0.119. The van der Waals surface area contributed by atoms with Crippen molar-refractivity contribution in [3.05, 3.63) is 236 Å². The van der Waals surface area contributed by atoms with E-state index >= 15 is 0 Å². The maximum Gasteiger partial charge on any atom is 0.160 e. The van der Waals surface area contributed by atoms with Crippen LogP contribution in [-0.4, -0.2) is 24.3 Å². The summed E-state index contributed by atoms with van der Waals surface area (Å²) in [5, 5.41) is 7.94. The van der Waals surface area contributed by atoms with Crippen molar-refractivity contribution in [2.45, 2.75) is 5.92 Å². The van der Waals surface area contributed by atoms with Gasteiger partial charge in [0.1, 0.15) is 5.69 Å². The Bertz CT molecular complexity index is 3350. The monoisotopic (exact) mass is 793 g/mol. The zero-order valence-corrected chi connectivity index (χ0v) is 33.8. The van der Waals surface area contributed by atoms with Crippen LogP contribution < -0.4 is 0 Å². The van der Waals surface area contributed by atoms with Crippen LogP contribution in [-0.2, 0) is 0 Å². The molecule has 2 aliphatic rings. The summed E-state index contributed by atoms with van der Waals surface area (Å²) in [6, 6.07) is 68.4. The van der Waals surface area contributed by atoms with Gasteiger partial charge in [-0.1, -0.05) is 188 Å². The molecule has 0 spiro atoms. The maximum atomic E-state index is 5.49. The molecule has 3 aromatic heterocycles. The van der Waals surface area contributed by atoms with Crippen molar-refractivity contribution in [3.8, 4) is 62.0 Å². The van der Waals surface area contributed by atoms with E-state index in [1.165, 1.54) is 16.5 Å². The van der Waals surface area contributed by atoms with Crippen LogP contribution >= 0.6 is 0 Å². The molecule has 10 aromatic rings. The Morgan fingerprint density at radius 2 is 1.00 bits per heavy atom. The fourth-order valence-electron chi connectivity index (χ4n) is 9.44. The van der Waals surface area contributed by atoms with Crippen LogP contribution in [0.4, 0.5) is 0 Å². The van der Waals surface area contributed by atoms with E-state index in [1.54, 1.807) is 0 Å². The van der Waals surface area contributed by atoms with E-state index in [2.05, 4.69) is 228 Å². The summed E-state index contributed by atoms with van der Waals surface area (Å²) in [5.74, 6) is 0.983. The third-order valence-electron chi connectivity index (χ3n) is 12.3. The lowest BCUT2D eigenvalue weighted by atomic mass is 9.79. The Balaban J connectivity index is 1.04. The second-order valence-electron chi connectivity index (χ2n) is 16.0. The Hall–Kier alpha value is -8.15. The summed E-state index contributed by atoms with van der Waals surface area (Å²) in [4.78, 5) is 10.6. The van der Waals surface area contributed by atoms with E-state index in [0.717, 1.165) is 78.4 Å². The van der Waals surface area contributed by atoms with Crippen molar-refractivity contribution in [2.75, 3.05) is 0 Å². The molecule has 0 bridgehead atoms. The third-order valence-corrected chi connectivity index (χ3v) is 12.3. The summed E-state index contributed by atoms with van der Waals surface area (Å²) in [5.41, 5.74) is 15.8. The van der Waals surface area contributed by atoms with Crippen molar-refractivity contribution < 1.29 is 0 Å². The first-order valence-electron chi connectivity index (χ1n) is 21.2. The third kappa shape index (κ3) is 6.05. The van der Waals surface area contributed by atoms with E-state index in [9.17, 15) is 0 Å². The standard InChI is InChI=1S/C57H39N5/c1-4-18-38(19-5-1)49-37-50(59-57(58-49)44-27-17-28-45(35-44)61-51-32-14-12-30-47(51)48-31-13-15-33-52(48)61)42-25-16-26-43(34-42)54-55(40-22-8-3-9-23-40)60-62-53(39-20-6-2-7-21-39)36-41-24-10-11-29-46(41)56(54)62/h1-37,41,46H. The minimum Gasteiger partial charge on any atom is -0.309 e. The topological polar surface area (TPSA) is 48.5 Å². The van der Waals surface area contributed by atoms with Gasteiger partial charge in [-0.2, -0.15) is 5.10 Å². The van der Waals surface area contributed by atoms with Gasteiger partial charge in [0.2, 0.25) is 0 Å². The smallest absolute Gasteiger partial charge is 0.160 e. The predicted octanol–water partition coefficient (Wildman–Crippen LogP) is 13.8. The lowest BCUT2D eigenvalue weighted by molar-refractivity contribution is 0.624. The molecule has 7 aromatic carbocycles. The SMILES string of the molecule is C1=CC2C=C(c3ccccc3)n3nc(-c4ccccc4)c(-c4cccc(-c5cc(-c6ccccc6)nc(-c6cccc(-n7c8ccccc8c8ccccc87)c6)n5)c4)c3C2C=C1. The number of hydrogen-bond acceptors (Lipinski definition) is 3. The van der Waals surface area contributed by atoms with Gasteiger partial charge in [0, 0.05) is 56.1 Å².